The summed E-state index contributed by atoms with van der Waals surface area (Å²) in [7, 11) is 2.63. The number of hydrogen-bond acceptors (Lipinski definition) is 10. The van der Waals surface area contributed by atoms with E-state index >= 15 is 0 Å². The van der Waals surface area contributed by atoms with Crippen molar-refractivity contribution in [2.24, 2.45) is 11.3 Å². The Labute approximate surface area is 335 Å². The third-order valence-electron chi connectivity index (χ3n) is 10.2. The number of rotatable bonds is 18. The maximum Gasteiger partial charge on any atom is 0.407 e. The molecular formula is C42H59N7O8. The van der Waals surface area contributed by atoms with Crippen LogP contribution in [-0.4, -0.2) is 112 Å². The fourth-order valence-corrected chi connectivity index (χ4v) is 6.86. The summed E-state index contributed by atoms with van der Waals surface area (Å²) in [6.07, 6.45) is -1.18. The Bertz CT molecular complexity index is 1820. The van der Waals surface area contributed by atoms with E-state index in [2.05, 4.69) is 21.0 Å². The molecule has 1 saturated heterocycles. The van der Waals surface area contributed by atoms with Crippen LogP contribution in [0.1, 0.15) is 63.6 Å². The molecule has 0 bridgehead atoms. The van der Waals surface area contributed by atoms with E-state index in [0.717, 1.165) is 17.0 Å². The average molecular weight is 790 g/mol. The van der Waals surface area contributed by atoms with Crippen LogP contribution in [0.3, 0.4) is 0 Å². The summed E-state index contributed by atoms with van der Waals surface area (Å²) in [6.45, 7) is 12.2. The first-order valence-corrected chi connectivity index (χ1v) is 19.3. The number of aromatic hydroxyl groups is 1. The standard InChI is InChI=1S/C42H59N7O8/c1-9-27(2)36(49-21-20-47(41(49)55)25-31-17-13-14-28(3)43-31)38(52)44-32(22-29-15-11-10-12-16-29)34(51)26-48(24-30-18-19-33(50)35(23-30)56-7)46-39(53)37(42(4,5)6)45-40(54)57-8/h10-19,23,27,32,34,36-37,50-51H,9,20-22,24-26H2,1-8H3,(H,44,52)(H,45,54)(H,46,53). The van der Waals surface area contributed by atoms with Crippen LogP contribution in [0.4, 0.5) is 9.59 Å². The topological polar surface area (TPSA) is 186 Å². The van der Waals surface area contributed by atoms with Crippen molar-refractivity contribution in [1.29, 1.82) is 0 Å². The molecule has 57 heavy (non-hydrogen) atoms. The van der Waals surface area contributed by atoms with Crippen LogP contribution < -0.4 is 20.8 Å². The zero-order chi connectivity index (χ0) is 41.9. The lowest BCUT2D eigenvalue weighted by atomic mass is 9.86. The van der Waals surface area contributed by atoms with Gasteiger partial charge >= 0.3 is 12.1 Å². The fraction of sp³-hybridized carbons (Fsp3) is 0.500. The molecule has 3 aromatic rings. The number of aromatic nitrogens is 1. The van der Waals surface area contributed by atoms with E-state index in [1.807, 2.05) is 69.3 Å². The molecule has 310 valence electrons. The highest BCUT2D eigenvalue weighted by Crippen LogP contribution is 2.28. The predicted molar refractivity (Wildman–Crippen MR) is 215 cm³/mol. The Kier molecular flexibility index (Phi) is 15.7. The molecule has 1 aromatic heterocycles. The Balaban J connectivity index is 1.63. The highest BCUT2D eigenvalue weighted by Gasteiger charge is 2.41. The SMILES string of the molecule is CCC(C)C(C(=O)NC(Cc1ccccc1)C(O)CN(Cc1ccc(O)c(OC)c1)NC(=O)C(NC(=O)OC)C(C)(C)C)N1CCN(Cc2cccc(C)n2)C1=O. The van der Waals surface area contributed by atoms with Crippen molar-refractivity contribution in [2.45, 2.75) is 91.7 Å². The van der Waals surface area contributed by atoms with Gasteiger partial charge in [0.05, 0.1) is 38.6 Å². The first kappa shape index (κ1) is 44.3. The van der Waals surface area contributed by atoms with Gasteiger partial charge in [-0.25, -0.2) is 14.6 Å². The summed E-state index contributed by atoms with van der Waals surface area (Å²) in [5.41, 5.74) is 5.23. The second-order valence-corrected chi connectivity index (χ2v) is 15.7. The zero-order valence-corrected chi connectivity index (χ0v) is 34.3. The van der Waals surface area contributed by atoms with Crippen LogP contribution in [0, 0.1) is 18.3 Å². The number of hydrogen-bond donors (Lipinski definition) is 5. The summed E-state index contributed by atoms with van der Waals surface area (Å²) >= 11 is 0. The first-order valence-electron chi connectivity index (χ1n) is 19.3. The lowest BCUT2D eigenvalue weighted by Crippen LogP contribution is -2.60. The monoisotopic (exact) mass is 789 g/mol. The molecule has 2 heterocycles. The molecule has 5 N–H and O–H groups in total. The highest BCUT2D eigenvalue weighted by atomic mass is 16.5. The number of phenols is 1. The summed E-state index contributed by atoms with van der Waals surface area (Å²) in [4.78, 5) is 62.3. The van der Waals surface area contributed by atoms with E-state index in [1.54, 1.807) is 42.7 Å². The number of amides is 5. The molecule has 1 fully saturated rings. The minimum Gasteiger partial charge on any atom is -0.504 e. The quantitative estimate of drug-likeness (QED) is 0.117. The first-order chi connectivity index (χ1) is 27.0. The van der Waals surface area contributed by atoms with Gasteiger partial charge in [0.1, 0.15) is 12.1 Å². The van der Waals surface area contributed by atoms with E-state index in [9.17, 15) is 29.4 Å². The molecule has 15 nitrogen and oxygen atoms in total. The molecule has 4 rings (SSSR count). The molecule has 5 unspecified atom stereocenters. The minimum atomic E-state index is -1.26. The Morgan fingerprint density at radius 1 is 0.965 bits per heavy atom. The van der Waals surface area contributed by atoms with Crippen LogP contribution in [0.15, 0.2) is 66.7 Å². The summed E-state index contributed by atoms with van der Waals surface area (Å²) in [6, 6.07) is 16.8. The van der Waals surface area contributed by atoms with Gasteiger partial charge in [-0.3, -0.25) is 20.0 Å². The van der Waals surface area contributed by atoms with E-state index in [-0.39, 0.29) is 43.0 Å². The van der Waals surface area contributed by atoms with E-state index in [1.165, 1.54) is 25.3 Å². The number of phenolic OH excluding ortho intramolecular Hbond substituents is 1. The maximum atomic E-state index is 14.5. The van der Waals surface area contributed by atoms with Crippen LogP contribution in [0.25, 0.3) is 0 Å². The molecule has 5 amide bonds. The number of aliphatic hydroxyl groups is 1. The van der Waals surface area contributed by atoms with Gasteiger partial charge < -0.3 is 40.1 Å². The second-order valence-electron chi connectivity index (χ2n) is 15.7. The van der Waals surface area contributed by atoms with Gasteiger partial charge in [0, 0.05) is 31.9 Å². The van der Waals surface area contributed by atoms with Crippen molar-refractivity contribution in [2.75, 3.05) is 33.9 Å². The predicted octanol–water partition coefficient (Wildman–Crippen LogP) is 4.15. The van der Waals surface area contributed by atoms with Gasteiger partial charge in [-0.1, -0.05) is 83.5 Å². The largest absolute Gasteiger partial charge is 0.504 e. The molecule has 1 aliphatic heterocycles. The van der Waals surface area contributed by atoms with Crippen LogP contribution in [0.5, 0.6) is 11.5 Å². The molecule has 0 radical (unpaired) electrons. The summed E-state index contributed by atoms with van der Waals surface area (Å²) in [5, 5.41) is 29.5. The van der Waals surface area contributed by atoms with Crippen molar-refractivity contribution in [1.82, 2.24) is 35.9 Å². The third-order valence-corrected chi connectivity index (χ3v) is 10.2. The number of ether oxygens (including phenoxy) is 2. The Morgan fingerprint density at radius 3 is 2.32 bits per heavy atom. The summed E-state index contributed by atoms with van der Waals surface area (Å²) < 4.78 is 10.1. The van der Waals surface area contributed by atoms with Crippen molar-refractivity contribution in [3.8, 4) is 11.5 Å². The lowest BCUT2D eigenvalue weighted by Gasteiger charge is -2.36. The molecule has 0 spiro atoms. The van der Waals surface area contributed by atoms with Crippen LogP contribution in [0.2, 0.25) is 0 Å². The van der Waals surface area contributed by atoms with Crippen molar-refractivity contribution in [3.63, 3.8) is 0 Å². The highest BCUT2D eigenvalue weighted by molar-refractivity contribution is 5.88. The smallest absolute Gasteiger partial charge is 0.407 e. The molecular weight excluding hydrogens is 731 g/mol. The van der Waals surface area contributed by atoms with Crippen LogP contribution >= 0.6 is 0 Å². The van der Waals surface area contributed by atoms with Crippen molar-refractivity contribution < 1.29 is 38.9 Å². The van der Waals surface area contributed by atoms with Gasteiger partial charge in [-0.05, 0) is 60.1 Å². The van der Waals surface area contributed by atoms with Gasteiger partial charge in [0.2, 0.25) is 5.91 Å². The molecule has 0 saturated carbocycles. The number of carbonyl (C=O) groups excluding carboxylic acids is 4. The van der Waals surface area contributed by atoms with Gasteiger partial charge in [-0.2, -0.15) is 0 Å². The number of aryl methyl sites for hydroxylation is 1. The number of alkyl carbamates (subject to hydrolysis) is 1. The maximum absolute atomic E-state index is 14.5. The number of nitrogens with zero attached hydrogens (tertiary/aromatic N) is 4. The summed E-state index contributed by atoms with van der Waals surface area (Å²) in [5.74, 6) is -1.03. The van der Waals surface area contributed by atoms with Gasteiger partial charge in [0.25, 0.3) is 5.91 Å². The van der Waals surface area contributed by atoms with Gasteiger partial charge in [0.15, 0.2) is 11.5 Å². The number of urea groups is 1. The van der Waals surface area contributed by atoms with Crippen molar-refractivity contribution >= 4 is 23.9 Å². The minimum absolute atomic E-state index is 0.0456. The fourth-order valence-electron chi connectivity index (χ4n) is 6.86. The molecule has 0 aliphatic carbocycles. The molecule has 15 heteroatoms. The lowest BCUT2D eigenvalue weighted by molar-refractivity contribution is -0.132. The molecule has 2 aromatic carbocycles. The number of pyridine rings is 1. The Morgan fingerprint density at radius 2 is 1.68 bits per heavy atom. The number of carbonyl (C=O) groups is 4. The molecule has 5 atom stereocenters. The van der Waals surface area contributed by atoms with Crippen LogP contribution in [-0.2, 0) is 33.8 Å². The van der Waals surface area contributed by atoms with Gasteiger partial charge in [-0.15, -0.1) is 0 Å². The Hall–Kier alpha value is -5.41. The van der Waals surface area contributed by atoms with Crippen molar-refractivity contribution in [3.05, 3.63) is 89.2 Å². The number of methoxy groups -OCH3 is 2. The zero-order valence-electron chi connectivity index (χ0n) is 34.3. The van der Waals surface area contributed by atoms with E-state index in [0.29, 0.717) is 31.6 Å². The number of aliphatic hydroxyl groups excluding tert-OH is 1. The van der Waals surface area contributed by atoms with E-state index < -0.39 is 47.6 Å². The number of nitrogens with one attached hydrogen (secondary N) is 3. The normalized spacial score (nSPS) is 15.7. The molecule has 1 aliphatic rings. The number of hydrazine groups is 1. The van der Waals surface area contributed by atoms with E-state index in [4.69, 9.17) is 9.47 Å². The number of benzene rings is 2. The third kappa shape index (κ3) is 12.3. The second kappa shape index (κ2) is 20.1. The average Bonchev–Trinajstić information content (AvgIpc) is 3.51.